The van der Waals surface area contributed by atoms with Gasteiger partial charge < -0.3 is 0 Å². The number of carbonyl (C=O) groups excluding carboxylic acids is 1. The van der Waals surface area contributed by atoms with Crippen LogP contribution >= 0.6 is 0 Å². The lowest BCUT2D eigenvalue weighted by Crippen LogP contribution is -1.99. The van der Waals surface area contributed by atoms with Gasteiger partial charge in [-0.3, -0.25) is 4.79 Å². The average molecular weight is 228 g/mol. The molecule has 0 spiro atoms. The van der Waals surface area contributed by atoms with Crippen molar-refractivity contribution < 1.29 is 9.18 Å². The molecular formula is C15H13FO. The number of hydrogen-bond acceptors (Lipinski definition) is 1. The van der Waals surface area contributed by atoms with E-state index in [-0.39, 0.29) is 12.1 Å². The molecule has 2 aromatic rings. The molecule has 1 nitrogen and oxygen atoms in total. The number of hydrogen-bond donors (Lipinski definition) is 0. The van der Waals surface area contributed by atoms with Gasteiger partial charge >= 0.3 is 0 Å². The lowest BCUT2D eigenvalue weighted by molar-refractivity contribution is 0.103. The maximum atomic E-state index is 11.8. The fourth-order valence-electron chi connectivity index (χ4n) is 1.35. The maximum Gasteiger partial charge on any atom is 0.193 e. The Morgan fingerprint density at radius 3 is 1.47 bits per heavy atom. The zero-order chi connectivity index (χ0) is 12.5. The molecule has 0 aliphatic heterocycles. The van der Waals surface area contributed by atoms with Gasteiger partial charge in [-0.2, -0.15) is 0 Å². The third-order valence-corrected chi connectivity index (χ3v) is 2.07. The van der Waals surface area contributed by atoms with Crippen LogP contribution in [0, 0.1) is 0 Å². The van der Waals surface area contributed by atoms with Crippen molar-refractivity contribution in [3.8, 4) is 0 Å². The Hall–Kier alpha value is -2.22. The smallest absolute Gasteiger partial charge is 0.193 e. The first kappa shape index (κ1) is 12.8. The van der Waals surface area contributed by atoms with Crippen molar-refractivity contribution in [1.82, 2.24) is 0 Å². The Morgan fingerprint density at radius 2 is 1.18 bits per heavy atom. The van der Waals surface area contributed by atoms with Gasteiger partial charge in [-0.25, -0.2) is 4.39 Å². The predicted octanol–water partition coefficient (Wildman–Crippen LogP) is 4.02. The molecule has 0 atom stereocenters. The fourth-order valence-corrected chi connectivity index (χ4v) is 1.35. The highest BCUT2D eigenvalue weighted by molar-refractivity contribution is 6.08. The van der Waals surface area contributed by atoms with E-state index in [9.17, 15) is 9.18 Å². The van der Waals surface area contributed by atoms with E-state index in [0.29, 0.717) is 0 Å². The Morgan fingerprint density at radius 1 is 0.882 bits per heavy atom. The monoisotopic (exact) mass is 228 g/mol. The van der Waals surface area contributed by atoms with Gasteiger partial charge in [0.15, 0.2) is 5.78 Å². The second-order valence-corrected chi connectivity index (χ2v) is 3.22. The minimum absolute atomic E-state index is 0.0752. The minimum atomic E-state index is 0.0752. The highest BCUT2D eigenvalue weighted by Gasteiger charge is 2.06. The fraction of sp³-hybridized carbons (Fsp3) is 0. The van der Waals surface area contributed by atoms with Crippen molar-refractivity contribution in [3.63, 3.8) is 0 Å². The van der Waals surface area contributed by atoms with Crippen LogP contribution in [-0.4, -0.2) is 5.78 Å². The molecular weight excluding hydrogens is 215 g/mol. The SMILES string of the molecule is C=CF.O=C(c1ccccc1)c1ccccc1. The summed E-state index contributed by atoms with van der Waals surface area (Å²) in [5.41, 5.74) is 1.47. The second-order valence-electron chi connectivity index (χ2n) is 3.22. The second kappa shape index (κ2) is 7.12. The van der Waals surface area contributed by atoms with E-state index >= 15 is 0 Å². The Bertz CT molecular complexity index is 421. The molecule has 0 N–H and O–H groups in total. The van der Waals surface area contributed by atoms with Crippen LogP contribution in [0.1, 0.15) is 15.9 Å². The van der Waals surface area contributed by atoms with E-state index < -0.39 is 0 Å². The molecule has 17 heavy (non-hydrogen) atoms. The number of ketones is 1. The summed E-state index contributed by atoms with van der Waals surface area (Å²) < 4.78 is 10.1. The van der Waals surface area contributed by atoms with Gasteiger partial charge in [0.05, 0.1) is 6.33 Å². The summed E-state index contributed by atoms with van der Waals surface area (Å²) >= 11 is 0. The molecule has 0 aliphatic rings. The normalized spacial score (nSPS) is 8.76. The predicted molar refractivity (Wildman–Crippen MR) is 67.6 cm³/mol. The Kier molecular flexibility index (Phi) is 5.38. The van der Waals surface area contributed by atoms with Crippen molar-refractivity contribution in [1.29, 1.82) is 0 Å². The summed E-state index contributed by atoms with van der Waals surface area (Å²) in [5, 5.41) is 0. The van der Waals surface area contributed by atoms with E-state index in [0.717, 1.165) is 11.1 Å². The van der Waals surface area contributed by atoms with Gasteiger partial charge in [0, 0.05) is 11.1 Å². The summed E-state index contributed by atoms with van der Waals surface area (Å²) in [6.45, 7) is 2.69. The summed E-state index contributed by atoms with van der Waals surface area (Å²) in [5.74, 6) is 0.0752. The topological polar surface area (TPSA) is 17.1 Å². The number of benzene rings is 2. The molecule has 0 fully saturated rings. The van der Waals surface area contributed by atoms with Crippen LogP contribution in [0.5, 0.6) is 0 Å². The molecule has 0 saturated heterocycles. The van der Waals surface area contributed by atoms with Gasteiger partial charge in [0.1, 0.15) is 0 Å². The third-order valence-electron chi connectivity index (χ3n) is 2.07. The standard InChI is InChI=1S/C13H10O.C2H3F/c14-13(11-7-3-1-4-8-11)12-9-5-2-6-10-12;1-2-3/h1-10H;2H,1H2. The van der Waals surface area contributed by atoms with E-state index in [4.69, 9.17) is 0 Å². The first-order valence-electron chi connectivity index (χ1n) is 5.15. The van der Waals surface area contributed by atoms with Crippen LogP contribution in [0.25, 0.3) is 0 Å². The highest BCUT2D eigenvalue weighted by atomic mass is 19.1. The van der Waals surface area contributed by atoms with Gasteiger partial charge in [-0.15, -0.1) is 0 Å². The summed E-state index contributed by atoms with van der Waals surface area (Å²) in [6.07, 6.45) is 0.250. The molecule has 0 bridgehead atoms. The molecule has 0 radical (unpaired) electrons. The molecule has 0 aromatic heterocycles. The molecule has 2 aromatic carbocycles. The van der Waals surface area contributed by atoms with E-state index in [2.05, 4.69) is 6.58 Å². The van der Waals surface area contributed by atoms with E-state index in [1.54, 1.807) is 0 Å². The largest absolute Gasteiger partial charge is 0.289 e. The molecule has 2 heteroatoms. The van der Waals surface area contributed by atoms with Crippen LogP contribution in [0.2, 0.25) is 0 Å². The molecule has 0 aliphatic carbocycles. The quantitative estimate of drug-likeness (QED) is 0.709. The number of carbonyl (C=O) groups is 1. The molecule has 0 heterocycles. The zero-order valence-corrected chi connectivity index (χ0v) is 9.34. The van der Waals surface area contributed by atoms with Gasteiger partial charge in [-0.1, -0.05) is 67.2 Å². The first-order chi connectivity index (χ1) is 8.29. The summed E-state index contributed by atoms with van der Waals surface area (Å²) in [4.78, 5) is 11.8. The molecule has 0 unspecified atom stereocenters. The van der Waals surface area contributed by atoms with E-state index in [1.165, 1.54) is 0 Å². The minimum Gasteiger partial charge on any atom is -0.289 e. The number of rotatable bonds is 2. The summed E-state index contributed by atoms with van der Waals surface area (Å²) in [6, 6.07) is 18.6. The van der Waals surface area contributed by atoms with Crippen LogP contribution in [0.15, 0.2) is 73.6 Å². The Balaban J connectivity index is 0.000000437. The summed E-state index contributed by atoms with van der Waals surface area (Å²) in [7, 11) is 0. The maximum absolute atomic E-state index is 11.8. The molecule has 0 saturated carbocycles. The zero-order valence-electron chi connectivity index (χ0n) is 9.34. The molecule has 0 amide bonds. The van der Waals surface area contributed by atoms with E-state index in [1.807, 2.05) is 60.7 Å². The lowest BCUT2D eigenvalue weighted by Gasteiger charge is -1.99. The van der Waals surface area contributed by atoms with Crippen molar-refractivity contribution in [2.45, 2.75) is 0 Å². The average Bonchev–Trinajstić information content (AvgIpc) is 2.41. The van der Waals surface area contributed by atoms with Crippen LogP contribution < -0.4 is 0 Å². The Labute approximate surface area is 100 Å². The molecule has 2 rings (SSSR count). The number of halogens is 1. The third kappa shape index (κ3) is 4.03. The van der Waals surface area contributed by atoms with Crippen molar-refractivity contribution in [3.05, 3.63) is 84.7 Å². The highest BCUT2D eigenvalue weighted by Crippen LogP contribution is 2.08. The van der Waals surface area contributed by atoms with Gasteiger partial charge in [0.2, 0.25) is 0 Å². The van der Waals surface area contributed by atoms with Gasteiger partial charge in [-0.05, 0) is 0 Å². The van der Waals surface area contributed by atoms with Gasteiger partial charge in [0.25, 0.3) is 0 Å². The van der Waals surface area contributed by atoms with Crippen LogP contribution in [-0.2, 0) is 0 Å². The van der Waals surface area contributed by atoms with Crippen molar-refractivity contribution in [2.75, 3.05) is 0 Å². The van der Waals surface area contributed by atoms with Crippen molar-refractivity contribution in [2.24, 2.45) is 0 Å². The first-order valence-corrected chi connectivity index (χ1v) is 5.15. The molecule has 86 valence electrons. The van der Waals surface area contributed by atoms with Crippen LogP contribution in [0.3, 0.4) is 0 Å². The lowest BCUT2D eigenvalue weighted by atomic mass is 10.0. The van der Waals surface area contributed by atoms with Crippen molar-refractivity contribution >= 4 is 5.78 Å². The van der Waals surface area contributed by atoms with Crippen LogP contribution in [0.4, 0.5) is 4.39 Å².